The Morgan fingerprint density at radius 2 is 1.95 bits per heavy atom. The molecule has 0 radical (unpaired) electrons. The quantitative estimate of drug-likeness (QED) is 0.836. The molecule has 1 aromatic rings. The normalized spacial score (nSPS) is 18.3. The zero-order valence-electron chi connectivity index (χ0n) is 13.2. The maximum Gasteiger partial charge on any atom is 0.218 e. The number of nitrogens with zero attached hydrogens (tertiary/aromatic N) is 2. The van der Waals surface area contributed by atoms with Crippen LogP contribution in [-0.2, 0) is 15.8 Å². The molecule has 0 spiro atoms. The van der Waals surface area contributed by atoms with Gasteiger partial charge in [0.05, 0.1) is 5.75 Å². The third kappa shape index (κ3) is 4.80. The van der Waals surface area contributed by atoms with Crippen LogP contribution in [0.2, 0.25) is 0 Å². The number of sulfonamides is 1. The maximum absolute atomic E-state index is 12.5. The van der Waals surface area contributed by atoms with Gasteiger partial charge in [0.25, 0.3) is 0 Å². The molecule has 118 valence electrons. The van der Waals surface area contributed by atoms with Gasteiger partial charge < -0.3 is 4.90 Å². The summed E-state index contributed by atoms with van der Waals surface area (Å²) in [5.74, 6) is 0.580. The van der Waals surface area contributed by atoms with Gasteiger partial charge in [-0.3, -0.25) is 0 Å². The number of rotatable bonds is 5. The Balaban J connectivity index is 1.95. The Bertz CT molecular complexity index is 563. The first-order valence-corrected chi connectivity index (χ1v) is 9.16. The van der Waals surface area contributed by atoms with E-state index >= 15 is 0 Å². The zero-order chi connectivity index (χ0) is 15.5. The fraction of sp³-hybridized carbons (Fsp3) is 0.625. The van der Waals surface area contributed by atoms with Crippen molar-refractivity contribution in [3.8, 4) is 0 Å². The highest BCUT2D eigenvalue weighted by molar-refractivity contribution is 7.88. The van der Waals surface area contributed by atoms with Crippen LogP contribution < -0.4 is 0 Å². The number of aryl methyl sites for hydroxylation is 1. The minimum absolute atomic E-state index is 0.0950. The molecule has 1 aliphatic rings. The van der Waals surface area contributed by atoms with Crippen molar-refractivity contribution in [2.24, 2.45) is 5.92 Å². The molecule has 2 rings (SSSR count). The van der Waals surface area contributed by atoms with E-state index in [0.29, 0.717) is 12.5 Å². The van der Waals surface area contributed by atoms with E-state index in [0.717, 1.165) is 37.1 Å². The molecule has 0 atom stereocenters. The van der Waals surface area contributed by atoms with Crippen molar-refractivity contribution in [3.05, 3.63) is 35.4 Å². The molecule has 0 aromatic heterocycles. The molecule has 4 nitrogen and oxygen atoms in total. The third-order valence-corrected chi connectivity index (χ3v) is 6.06. The molecule has 0 bridgehead atoms. The first-order chi connectivity index (χ1) is 9.87. The molecular weight excluding hydrogens is 284 g/mol. The smallest absolute Gasteiger partial charge is 0.218 e. The summed E-state index contributed by atoms with van der Waals surface area (Å²) in [5.41, 5.74) is 1.96. The highest BCUT2D eigenvalue weighted by Crippen LogP contribution is 2.19. The average Bonchev–Trinajstić information content (AvgIpc) is 2.41. The van der Waals surface area contributed by atoms with Crippen LogP contribution in [0.4, 0.5) is 0 Å². The van der Waals surface area contributed by atoms with Crippen molar-refractivity contribution < 1.29 is 8.42 Å². The molecule has 1 fully saturated rings. The number of hydrogen-bond donors (Lipinski definition) is 0. The number of benzene rings is 1. The maximum atomic E-state index is 12.5. The van der Waals surface area contributed by atoms with Gasteiger partial charge in [-0.1, -0.05) is 29.8 Å². The summed E-state index contributed by atoms with van der Waals surface area (Å²) in [6.45, 7) is 4.76. The van der Waals surface area contributed by atoms with Crippen molar-refractivity contribution in [2.45, 2.75) is 25.5 Å². The van der Waals surface area contributed by atoms with Crippen LogP contribution in [0, 0.1) is 12.8 Å². The SMILES string of the molecule is Cc1cccc(CS(=O)(=O)N(C)CC2CCN(C)CC2)c1. The summed E-state index contributed by atoms with van der Waals surface area (Å²) in [7, 11) is 0.608. The van der Waals surface area contributed by atoms with E-state index in [1.54, 1.807) is 11.4 Å². The van der Waals surface area contributed by atoms with Gasteiger partial charge >= 0.3 is 0 Å². The molecule has 0 unspecified atom stereocenters. The van der Waals surface area contributed by atoms with E-state index in [4.69, 9.17) is 0 Å². The lowest BCUT2D eigenvalue weighted by Crippen LogP contribution is -2.38. The molecule has 1 heterocycles. The molecule has 0 amide bonds. The van der Waals surface area contributed by atoms with Gasteiger partial charge in [0.2, 0.25) is 10.0 Å². The molecule has 0 N–H and O–H groups in total. The van der Waals surface area contributed by atoms with Crippen LogP contribution in [0.25, 0.3) is 0 Å². The summed E-state index contributed by atoms with van der Waals surface area (Å²) < 4.78 is 26.5. The predicted octanol–water partition coefficient (Wildman–Crippen LogP) is 2.10. The molecular formula is C16H26N2O2S. The van der Waals surface area contributed by atoms with Gasteiger partial charge in [0.15, 0.2) is 0 Å². The molecule has 21 heavy (non-hydrogen) atoms. The molecule has 1 aromatic carbocycles. The summed E-state index contributed by atoms with van der Waals surface area (Å²) in [5, 5.41) is 0. The van der Waals surface area contributed by atoms with Crippen molar-refractivity contribution in [1.29, 1.82) is 0 Å². The zero-order valence-corrected chi connectivity index (χ0v) is 14.1. The molecule has 5 heteroatoms. The lowest BCUT2D eigenvalue weighted by Gasteiger charge is -2.31. The van der Waals surface area contributed by atoms with E-state index < -0.39 is 10.0 Å². The van der Waals surface area contributed by atoms with Crippen molar-refractivity contribution >= 4 is 10.0 Å². The Kier molecular flexibility index (Phi) is 5.41. The second-order valence-electron chi connectivity index (χ2n) is 6.27. The Hall–Kier alpha value is -0.910. The van der Waals surface area contributed by atoms with Crippen molar-refractivity contribution in [1.82, 2.24) is 9.21 Å². The predicted molar refractivity (Wildman–Crippen MR) is 86.7 cm³/mol. The van der Waals surface area contributed by atoms with E-state index in [2.05, 4.69) is 11.9 Å². The number of piperidine rings is 1. The second kappa shape index (κ2) is 6.90. The molecule has 1 aliphatic heterocycles. The van der Waals surface area contributed by atoms with Gasteiger partial charge in [-0.2, -0.15) is 0 Å². The fourth-order valence-electron chi connectivity index (χ4n) is 2.84. The van der Waals surface area contributed by atoms with Gasteiger partial charge in [-0.15, -0.1) is 0 Å². The van der Waals surface area contributed by atoms with Gasteiger partial charge in [-0.25, -0.2) is 12.7 Å². The first-order valence-electron chi connectivity index (χ1n) is 7.55. The minimum atomic E-state index is -3.22. The van der Waals surface area contributed by atoms with E-state index in [1.807, 2.05) is 31.2 Å². The van der Waals surface area contributed by atoms with Crippen LogP contribution in [0.15, 0.2) is 24.3 Å². The van der Waals surface area contributed by atoms with E-state index in [-0.39, 0.29) is 5.75 Å². The highest BCUT2D eigenvalue weighted by atomic mass is 32.2. The largest absolute Gasteiger partial charge is 0.306 e. The topological polar surface area (TPSA) is 40.6 Å². The summed E-state index contributed by atoms with van der Waals surface area (Å²) >= 11 is 0. The molecule has 0 saturated carbocycles. The second-order valence-corrected chi connectivity index (χ2v) is 8.35. The van der Waals surface area contributed by atoms with Crippen LogP contribution in [0.3, 0.4) is 0 Å². The number of hydrogen-bond acceptors (Lipinski definition) is 3. The van der Waals surface area contributed by atoms with Crippen LogP contribution in [0.1, 0.15) is 24.0 Å². The van der Waals surface area contributed by atoms with Crippen LogP contribution in [-0.4, -0.2) is 51.4 Å². The highest BCUT2D eigenvalue weighted by Gasteiger charge is 2.24. The average molecular weight is 310 g/mol. The standard InChI is InChI=1S/C16H26N2O2S/c1-14-5-4-6-16(11-14)13-21(19,20)18(3)12-15-7-9-17(2)10-8-15/h4-6,11,15H,7-10,12-13H2,1-3H3. The van der Waals surface area contributed by atoms with E-state index in [9.17, 15) is 8.42 Å². The van der Waals surface area contributed by atoms with E-state index in [1.165, 1.54) is 0 Å². The van der Waals surface area contributed by atoms with Crippen LogP contribution in [0.5, 0.6) is 0 Å². The fourth-order valence-corrected chi connectivity index (χ4v) is 4.10. The van der Waals surface area contributed by atoms with Crippen molar-refractivity contribution in [2.75, 3.05) is 33.7 Å². The molecule has 1 saturated heterocycles. The third-order valence-electron chi connectivity index (χ3n) is 4.26. The van der Waals surface area contributed by atoms with Gasteiger partial charge in [0, 0.05) is 13.6 Å². The Labute approximate surface area is 128 Å². The first kappa shape index (κ1) is 16.5. The monoisotopic (exact) mass is 310 g/mol. The van der Waals surface area contributed by atoms with Crippen LogP contribution >= 0.6 is 0 Å². The Morgan fingerprint density at radius 1 is 1.29 bits per heavy atom. The van der Waals surface area contributed by atoms with Crippen molar-refractivity contribution in [3.63, 3.8) is 0 Å². The minimum Gasteiger partial charge on any atom is -0.306 e. The Morgan fingerprint density at radius 3 is 2.57 bits per heavy atom. The van der Waals surface area contributed by atoms with Gasteiger partial charge in [-0.05, 0) is 51.4 Å². The summed E-state index contributed by atoms with van der Waals surface area (Å²) in [6.07, 6.45) is 2.17. The van der Waals surface area contributed by atoms with Gasteiger partial charge in [0.1, 0.15) is 0 Å². The lowest BCUT2D eigenvalue weighted by atomic mass is 9.97. The number of likely N-dealkylation sites (tertiary alicyclic amines) is 1. The molecule has 0 aliphatic carbocycles. The lowest BCUT2D eigenvalue weighted by molar-refractivity contribution is 0.202. The summed E-state index contributed by atoms with van der Waals surface area (Å²) in [6, 6.07) is 7.73. The summed E-state index contributed by atoms with van der Waals surface area (Å²) in [4.78, 5) is 2.30.